The molecule has 24 heavy (non-hydrogen) atoms. The lowest BCUT2D eigenvalue weighted by atomic mass is 10.1. The maximum absolute atomic E-state index is 12.2. The summed E-state index contributed by atoms with van der Waals surface area (Å²) >= 11 is 1.39. The Morgan fingerprint density at radius 1 is 1.21 bits per heavy atom. The average Bonchev–Trinajstić information content (AvgIpc) is 3.30. The van der Waals surface area contributed by atoms with Gasteiger partial charge in [-0.05, 0) is 24.3 Å². The molecule has 6 nitrogen and oxygen atoms in total. The van der Waals surface area contributed by atoms with E-state index in [1.807, 2.05) is 16.3 Å². The van der Waals surface area contributed by atoms with Gasteiger partial charge in [-0.25, -0.2) is 0 Å². The van der Waals surface area contributed by atoms with Gasteiger partial charge in [-0.15, -0.1) is 11.3 Å². The molecule has 0 spiro atoms. The van der Waals surface area contributed by atoms with Crippen LogP contribution in [0, 0.1) is 5.92 Å². The van der Waals surface area contributed by atoms with Gasteiger partial charge >= 0.3 is 0 Å². The smallest absolute Gasteiger partial charge is 0.261 e. The maximum atomic E-state index is 12.2. The molecule has 2 N–H and O–H groups in total. The summed E-state index contributed by atoms with van der Waals surface area (Å²) in [5.74, 6) is -0.365. The van der Waals surface area contributed by atoms with Crippen molar-refractivity contribution in [3.63, 3.8) is 0 Å². The second kappa shape index (κ2) is 7.79. The Morgan fingerprint density at radius 3 is 2.67 bits per heavy atom. The zero-order valence-corrected chi connectivity index (χ0v) is 14.4. The van der Waals surface area contributed by atoms with Crippen molar-refractivity contribution in [1.29, 1.82) is 0 Å². The van der Waals surface area contributed by atoms with Crippen LogP contribution in [0.1, 0.15) is 41.8 Å². The number of likely N-dealkylation sites (tertiary alicyclic amines) is 1. The lowest BCUT2D eigenvalue weighted by Crippen LogP contribution is -2.39. The van der Waals surface area contributed by atoms with Crippen molar-refractivity contribution in [3.8, 4) is 0 Å². The Hall–Kier alpha value is -1.89. The van der Waals surface area contributed by atoms with E-state index >= 15 is 0 Å². The fraction of sp³-hybridized carbons (Fsp3) is 0.588. The van der Waals surface area contributed by atoms with E-state index in [0.717, 1.165) is 12.8 Å². The second-order valence-electron chi connectivity index (χ2n) is 6.41. The van der Waals surface area contributed by atoms with E-state index < -0.39 is 0 Å². The van der Waals surface area contributed by atoms with Gasteiger partial charge in [-0.3, -0.25) is 14.4 Å². The zero-order valence-electron chi connectivity index (χ0n) is 13.6. The molecule has 0 radical (unpaired) electrons. The van der Waals surface area contributed by atoms with Crippen molar-refractivity contribution in [2.45, 2.75) is 38.1 Å². The molecular weight excluding hydrogens is 326 g/mol. The van der Waals surface area contributed by atoms with Crippen LogP contribution >= 0.6 is 11.3 Å². The summed E-state index contributed by atoms with van der Waals surface area (Å²) in [5, 5.41) is 7.45. The first-order valence-electron chi connectivity index (χ1n) is 8.54. The predicted molar refractivity (Wildman–Crippen MR) is 91.7 cm³/mol. The van der Waals surface area contributed by atoms with Gasteiger partial charge in [-0.2, -0.15) is 0 Å². The van der Waals surface area contributed by atoms with Crippen LogP contribution in [0.2, 0.25) is 0 Å². The highest BCUT2D eigenvalue weighted by molar-refractivity contribution is 7.12. The molecule has 1 aliphatic carbocycles. The molecule has 3 rings (SSSR count). The summed E-state index contributed by atoms with van der Waals surface area (Å²) in [4.78, 5) is 38.7. The van der Waals surface area contributed by atoms with Crippen LogP contribution in [0.5, 0.6) is 0 Å². The Labute approximate surface area is 145 Å². The highest BCUT2D eigenvalue weighted by Crippen LogP contribution is 2.29. The topological polar surface area (TPSA) is 78.5 Å². The van der Waals surface area contributed by atoms with E-state index in [1.54, 1.807) is 6.07 Å². The van der Waals surface area contributed by atoms with Gasteiger partial charge in [0.05, 0.1) is 10.8 Å². The summed E-state index contributed by atoms with van der Waals surface area (Å²) in [5.41, 5.74) is 0. The van der Waals surface area contributed by atoms with E-state index in [9.17, 15) is 14.4 Å². The average molecular weight is 349 g/mol. The number of thiophene rings is 1. The zero-order chi connectivity index (χ0) is 16.9. The lowest BCUT2D eigenvalue weighted by Gasteiger charge is -2.23. The second-order valence-corrected chi connectivity index (χ2v) is 7.36. The van der Waals surface area contributed by atoms with Gasteiger partial charge in [0.2, 0.25) is 11.8 Å². The molecule has 130 valence electrons. The molecule has 2 fully saturated rings. The van der Waals surface area contributed by atoms with Crippen LogP contribution in [-0.4, -0.2) is 48.3 Å². The van der Waals surface area contributed by atoms with Crippen molar-refractivity contribution >= 4 is 29.1 Å². The van der Waals surface area contributed by atoms with Crippen molar-refractivity contribution < 1.29 is 14.4 Å². The molecule has 1 aromatic rings. The third-order valence-corrected chi connectivity index (χ3v) is 5.62. The number of carbonyl (C=O) groups excluding carboxylic acids is 3. The minimum atomic E-state index is -0.258. The molecule has 0 unspecified atom stereocenters. The number of rotatable bonds is 6. The van der Waals surface area contributed by atoms with E-state index in [-0.39, 0.29) is 23.6 Å². The van der Waals surface area contributed by atoms with E-state index in [2.05, 4.69) is 10.6 Å². The summed E-state index contributed by atoms with van der Waals surface area (Å²) in [6.07, 6.45) is 4.79. The number of hydrogen-bond donors (Lipinski definition) is 2. The first-order chi connectivity index (χ1) is 11.6. The third-order valence-electron chi connectivity index (χ3n) is 4.75. The minimum absolute atomic E-state index is 0.0887. The Morgan fingerprint density at radius 2 is 1.96 bits per heavy atom. The Kier molecular flexibility index (Phi) is 5.50. The first-order valence-corrected chi connectivity index (χ1v) is 9.42. The van der Waals surface area contributed by atoms with Gasteiger partial charge in [0.1, 0.15) is 0 Å². The van der Waals surface area contributed by atoms with Crippen LogP contribution in [0.3, 0.4) is 0 Å². The number of nitrogens with zero attached hydrogens (tertiary/aromatic N) is 1. The van der Waals surface area contributed by atoms with E-state index in [1.165, 1.54) is 24.2 Å². The molecule has 0 bridgehead atoms. The molecule has 7 heteroatoms. The minimum Gasteiger partial charge on any atom is -0.354 e. The van der Waals surface area contributed by atoms with Crippen molar-refractivity contribution in [1.82, 2.24) is 15.5 Å². The summed E-state index contributed by atoms with van der Waals surface area (Å²) in [6.45, 7) is 1.30. The molecule has 2 aliphatic rings. The molecular formula is C17H23N3O3S. The van der Waals surface area contributed by atoms with Gasteiger partial charge in [-0.1, -0.05) is 18.9 Å². The SMILES string of the molecule is O=C(NCCNC(=O)[C@@H]1CC(=O)N(C2CCCC2)C1)c1cccs1. The van der Waals surface area contributed by atoms with Crippen molar-refractivity contribution in [3.05, 3.63) is 22.4 Å². The molecule has 1 saturated carbocycles. The molecule has 2 heterocycles. The Bertz CT molecular complexity index is 596. The monoisotopic (exact) mass is 349 g/mol. The first kappa shape index (κ1) is 17.0. The predicted octanol–water partition coefficient (Wildman–Crippen LogP) is 1.39. The third kappa shape index (κ3) is 3.95. The molecule has 1 atom stereocenters. The van der Waals surface area contributed by atoms with Crippen LogP contribution in [0.15, 0.2) is 17.5 Å². The summed E-state index contributed by atoms with van der Waals surface area (Å²) < 4.78 is 0. The normalized spacial score (nSPS) is 21.2. The van der Waals surface area contributed by atoms with E-state index in [4.69, 9.17) is 0 Å². The fourth-order valence-corrected chi connectivity index (χ4v) is 4.12. The number of amides is 3. The van der Waals surface area contributed by atoms with Crippen LogP contribution in [-0.2, 0) is 9.59 Å². The highest BCUT2D eigenvalue weighted by Gasteiger charge is 2.38. The number of hydrogen-bond acceptors (Lipinski definition) is 4. The summed E-state index contributed by atoms with van der Waals surface area (Å²) in [6, 6.07) is 3.93. The van der Waals surface area contributed by atoms with Crippen LogP contribution in [0.4, 0.5) is 0 Å². The van der Waals surface area contributed by atoms with Crippen LogP contribution in [0.25, 0.3) is 0 Å². The molecule has 1 aliphatic heterocycles. The molecule has 1 aromatic heterocycles. The maximum Gasteiger partial charge on any atom is 0.261 e. The fourth-order valence-electron chi connectivity index (χ4n) is 3.48. The molecule has 3 amide bonds. The number of carbonyl (C=O) groups is 3. The molecule has 1 saturated heterocycles. The van der Waals surface area contributed by atoms with Gasteiger partial charge < -0.3 is 15.5 Å². The molecule has 0 aromatic carbocycles. The Balaban J connectivity index is 1.38. The van der Waals surface area contributed by atoms with Crippen LogP contribution < -0.4 is 10.6 Å². The van der Waals surface area contributed by atoms with E-state index in [0.29, 0.717) is 37.0 Å². The van der Waals surface area contributed by atoms with Crippen molar-refractivity contribution in [2.24, 2.45) is 5.92 Å². The summed E-state index contributed by atoms with van der Waals surface area (Å²) in [7, 11) is 0. The van der Waals surface area contributed by atoms with Gasteiger partial charge in [0.15, 0.2) is 0 Å². The van der Waals surface area contributed by atoms with Gasteiger partial charge in [0, 0.05) is 32.1 Å². The number of nitrogens with one attached hydrogen (secondary N) is 2. The van der Waals surface area contributed by atoms with Gasteiger partial charge in [0.25, 0.3) is 5.91 Å². The highest BCUT2D eigenvalue weighted by atomic mass is 32.1. The largest absolute Gasteiger partial charge is 0.354 e. The lowest BCUT2D eigenvalue weighted by molar-refractivity contribution is -0.130. The van der Waals surface area contributed by atoms with Crippen molar-refractivity contribution in [2.75, 3.05) is 19.6 Å². The standard InChI is InChI=1S/C17H23N3O3S/c21-15-10-12(11-20(15)13-4-1-2-5-13)16(22)18-7-8-19-17(23)14-6-3-9-24-14/h3,6,9,12-13H,1-2,4-5,7-8,10-11H2,(H,18,22)(H,19,23)/t12-/m1/s1. The quantitative estimate of drug-likeness (QED) is 0.762.